The van der Waals surface area contributed by atoms with E-state index in [1.54, 1.807) is 0 Å². The van der Waals surface area contributed by atoms with Crippen LogP contribution < -0.4 is 5.73 Å². The van der Waals surface area contributed by atoms with Crippen molar-refractivity contribution in [2.24, 2.45) is 5.92 Å². The van der Waals surface area contributed by atoms with Crippen LogP contribution in [0, 0.1) is 5.92 Å². The predicted molar refractivity (Wildman–Crippen MR) is 76.2 cm³/mol. The summed E-state index contributed by atoms with van der Waals surface area (Å²) in [4.78, 5) is 2.42. The van der Waals surface area contributed by atoms with Crippen molar-refractivity contribution in [1.29, 1.82) is 0 Å². The van der Waals surface area contributed by atoms with Crippen LogP contribution in [0.4, 0.5) is 5.69 Å². The molecule has 0 aliphatic rings. The normalized spacial score (nSPS) is 11.8. The Morgan fingerprint density at radius 2 is 1.88 bits per heavy atom. The Morgan fingerprint density at radius 3 is 2.41 bits per heavy atom. The highest BCUT2D eigenvalue weighted by atomic mass is 35.5. The maximum atomic E-state index is 6.01. The summed E-state index contributed by atoms with van der Waals surface area (Å²) in [6.07, 6.45) is 0. The standard InChI is InChI=1S/C14H23ClN2/c1-10(2)8-17(11(3)4)9-12-7-13(15)5-6-14(12)16/h5-7,10-11H,8-9,16H2,1-4H3. The first kappa shape index (κ1) is 14.3. The Morgan fingerprint density at radius 1 is 1.24 bits per heavy atom. The maximum Gasteiger partial charge on any atom is 0.0410 e. The van der Waals surface area contributed by atoms with E-state index in [0.29, 0.717) is 12.0 Å². The predicted octanol–water partition coefficient (Wildman–Crippen LogP) is 3.79. The number of nitrogen functional groups attached to an aromatic ring is 1. The second-order valence-corrected chi connectivity index (χ2v) is 5.70. The summed E-state index contributed by atoms with van der Waals surface area (Å²) in [7, 11) is 0. The minimum atomic E-state index is 0.510. The third kappa shape index (κ3) is 4.57. The van der Waals surface area contributed by atoms with Crippen molar-refractivity contribution in [3.63, 3.8) is 0 Å². The van der Waals surface area contributed by atoms with Gasteiger partial charge in [-0.05, 0) is 43.5 Å². The molecular weight excluding hydrogens is 232 g/mol. The van der Waals surface area contributed by atoms with Crippen LogP contribution in [0.2, 0.25) is 5.02 Å². The minimum Gasteiger partial charge on any atom is -0.398 e. The Kier molecular flexibility index (Phi) is 5.29. The van der Waals surface area contributed by atoms with Crippen molar-refractivity contribution in [2.75, 3.05) is 12.3 Å². The Hall–Kier alpha value is -0.730. The molecule has 0 spiro atoms. The summed E-state index contributed by atoms with van der Waals surface area (Å²) in [5, 5.41) is 0.752. The van der Waals surface area contributed by atoms with E-state index in [9.17, 15) is 0 Å². The van der Waals surface area contributed by atoms with Crippen LogP contribution in [-0.4, -0.2) is 17.5 Å². The van der Waals surface area contributed by atoms with Gasteiger partial charge in [0.05, 0.1) is 0 Å². The van der Waals surface area contributed by atoms with Gasteiger partial charge in [-0.25, -0.2) is 0 Å². The molecule has 17 heavy (non-hydrogen) atoms. The maximum absolute atomic E-state index is 6.01. The van der Waals surface area contributed by atoms with E-state index in [1.807, 2.05) is 18.2 Å². The van der Waals surface area contributed by atoms with Crippen LogP contribution in [0.5, 0.6) is 0 Å². The number of anilines is 1. The van der Waals surface area contributed by atoms with E-state index < -0.39 is 0 Å². The lowest BCUT2D eigenvalue weighted by Gasteiger charge is -2.28. The lowest BCUT2D eigenvalue weighted by molar-refractivity contribution is 0.189. The van der Waals surface area contributed by atoms with Crippen LogP contribution in [0.3, 0.4) is 0 Å². The molecule has 0 atom stereocenters. The molecule has 0 aromatic heterocycles. The molecule has 0 radical (unpaired) electrons. The molecule has 0 amide bonds. The van der Waals surface area contributed by atoms with Gasteiger partial charge in [0.25, 0.3) is 0 Å². The SMILES string of the molecule is CC(C)CN(Cc1cc(Cl)ccc1N)C(C)C. The number of halogens is 1. The fourth-order valence-electron chi connectivity index (χ4n) is 1.86. The van der Waals surface area contributed by atoms with Gasteiger partial charge < -0.3 is 5.73 Å². The Bertz CT molecular complexity index is 361. The molecular formula is C14H23ClN2. The number of benzene rings is 1. The molecule has 0 aliphatic heterocycles. The summed E-state index contributed by atoms with van der Waals surface area (Å²) < 4.78 is 0. The van der Waals surface area contributed by atoms with E-state index in [2.05, 4.69) is 32.6 Å². The molecule has 0 unspecified atom stereocenters. The fourth-order valence-corrected chi connectivity index (χ4v) is 2.05. The average molecular weight is 255 g/mol. The van der Waals surface area contributed by atoms with Crippen molar-refractivity contribution >= 4 is 17.3 Å². The number of hydrogen-bond acceptors (Lipinski definition) is 2. The zero-order chi connectivity index (χ0) is 13.0. The van der Waals surface area contributed by atoms with Gasteiger partial charge in [-0.1, -0.05) is 25.4 Å². The molecule has 0 fully saturated rings. The summed E-state index contributed by atoms with van der Waals surface area (Å²) in [6, 6.07) is 6.19. The summed E-state index contributed by atoms with van der Waals surface area (Å²) in [5.74, 6) is 0.651. The molecule has 2 N–H and O–H groups in total. The Balaban J connectivity index is 2.81. The van der Waals surface area contributed by atoms with Crippen LogP contribution in [0.1, 0.15) is 33.3 Å². The van der Waals surface area contributed by atoms with Gasteiger partial charge in [-0.3, -0.25) is 4.90 Å². The molecule has 0 aliphatic carbocycles. The van der Waals surface area contributed by atoms with Crippen LogP contribution in [0.25, 0.3) is 0 Å². The third-order valence-corrected chi connectivity index (χ3v) is 3.04. The van der Waals surface area contributed by atoms with Gasteiger partial charge in [-0.15, -0.1) is 0 Å². The number of rotatable bonds is 5. The molecule has 3 heteroatoms. The van der Waals surface area contributed by atoms with Crippen molar-refractivity contribution in [3.8, 4) is 0 Å². The summed E-state index contributed by atoms with van der Waals surface area (Å²) >= 11 is 6.01. The first-order chi connectivity index (χ1) is 7.90. The lowest BCUT2D eigenvalue weighted by atomic mass is 10.1. The molecule has 1 aromatic carbocycles. The summed E-state index contributed by atoms with van der Waals surface area (Å²) in [6.45, 7) is 10.8. The van der Waals surface area contributed by atoms with Crippen LogP contribution in [0.15, 0.2) is 18.2 Å². The first-order valence-electron chi connectivity index (χ1n) is 6.18. The lowest BCUT2D eigenvalue weighted by Crippen LogP contribution is -2.33. The summed E-state index contributed by atoms with van der Waals surface area (Å²) in [5.41, 5.74) is 7.92. The molecule has 0 saturated carbocycles. The highest BCUT2D eigenvalue weighted by molar-refractivity contribution is 6.30. The zero-order valence-electron chi connectivity index (χ0n) is 11.2. The van der Waals surface area contributed by atoms with E-state index in [-0.39, 0.29) is 0 Å². The molecule has 0 heterocycles. The third-order valence-electron chi connectivity index (χ3n) is 2.81. The number of nitrogens with zero attached hydrogens (tertiary/aromatic N) is 1. The highest BCUT2D eigenvalue weighted by Gasteiger charge is 2.13. The number of nitrogens with two attached hydrogens (primary N) is 1. The quantitative estimate of drug-likeness (QED) is 0.810. The van der Waals surface area contributed by atoms with E-state index in [4.69, 9.17) is 17.3 Å². The number of hydrogen-bond donors (Lipinski definition) is 1. The highest BCUT2D eigenvalue weighted by Crippen LogP contribution is 2.21. The van der Waals surface area contributed by atoms with Crippen molar-refractivity contribution in [1.82, 2.24) is 4.90 Å². The second-order valence-electron chi connectivity index (χ2n) is 5.26. The molecule has 1 rings (SSSR count). The van der Waals surface area contributed by atoms with Crippen molar-refractivity contribution in [3.05, 3.63) is 28.8 Å². The van der Waals surface area contributed by atoms with Gasteiger partial charge in [0.15, 0.2) is 0 Å². The van der Waals surface area contributed by atoms with Gasteiger partial charge in [0, 0.05) is 29.8 Å². The van der Waals surface area contributed by atoms with Crippen molar-refractivity contribution < 1.29 is 0 Å². The van der Waals surface area contributed by atoms with Crippen molar-refractivity contribution in [2.45, 2.75) is 40.3 Å². The van der Waals surface area contributed by atoms with Crippen LogP contribution >= 0.6 is 11.6 Å². The monoisotopic (exact) mass is 254 g/mol. The smallest absolute Gasteiger partial charge is 0.0410 e. The van der Waals surface area contributed by atoms with Gasteiger partial charge in [-0.2, -0.15) is 0 Å². The van der Waals surface area contributed by atoms with E-state index >= 15 is 0 Å². The van der Waals surface area contributed by atoms with Crippen LogP contribution in [-0.2, 0) is 6.54 Å². The first-order valence-corrected chi connectivity index (χ1v) is 6.56. The second kappa shape index (κ2) is 6.27. The fraction of sp³-hybridized carbons (Fsp3) is 0.571. The molecule has 96 valence electrons. The van der Waals surface area contributed by atoms with Gasteiger partial charge in [0.2, 0.25) is 0 Å². The zero-order valence-corrected chi connectivity index (χ0v) is 12.0. The largest absolute Gasteiger partial charge is 0.398 e. The molecule has 2 nitrogen and oxygen atoms in total. The minimum absolute atomic E-state index is 0.510. The molecule has 1 aromatic rings. The topological polar surface area (TPSA) is 29.3 Å². The Labute approximate surface area is 110 Å². The van der Waals surface area contributed by atoms with E-state index in [0.717, 1.165) is 29.4 Å². The van der Waals surface area contributed by atoms with E-state index in [1.165, 1.54) is 0 Å². The molecule has 0 saturated heterocycles. The van der Waals surface area contributed by atoms with Gasteiger partial charge in [0.1, 0.15) is 0 Å². The average Bonchev–Trinajstić information content (AvgIpc) is 2.21. The van der Waals surface area contributed by atoms with Gasteiger partial charge >= 0.3 is 0 Å². The molecule has 0 bridgehead atoms.